The lowest BCUT2D eigenvalue weighted by Gasteiger charge is -2.30. The molecule has 0 bridgehead atoms. The van der Waals surface area contributed by atoms with Crippen LogP contribution in [-0.4, -0.2) is 70.4 Å². The van der Waals surface area contributed by atoms with E-state index in [0.29, 0.717) is 49.3 Å². The summed E-state index contributed by atoms with van der Waals surface area (Å²) < 4.78 is 7.06. The number of likely N-dealkylation sites (tertiary alicyclic amines) is 1. The number of rotatable bonds is 2. The predicted molar refractivity (Wildman–Crippen MR) is 96.2 cm³/mol. The van der Waals surface area contributed by atoms with Gasteiger partial charge in [-0.3, -0.25) is 14.0 Å². The minimum Gasteiger partial charge on any atom is -0.378 e. The fourth-order valence-corrected chi connectivity index (χ4v) is 3.78. The lowest BCUT2D eigenvalue weighted by Crippen LogP contribution is -2.41. The first-order valence-electron chi connectivity index (χ1n) is 9.28. The number of carbonyl (C=O) groups is 2. The summed E-state index contributed by atoms with van der Waals surface area (Å²) in [6, 6.07) is 5.57. The Labute approximate surface area is 152 Å². The van der Waals surface area contributed by atoms with E-state index in [2.05, 4.69) is 11.9 Å². The van der Waals surface area contributed by atoms with Crippen molar-refractivity contribution < 1.29 is 14.3 Å². The third-order valence-corrected chi connectivity index (χ3v) is 5.18. The number of hydrogen-bond acceptors (Lipinski definition) is 4. The second-order valence-electron chi connectivity index (χ2n) is 7.14. The zero-order valence-electron chi connectivity index (χ0n) is 15.1. The van der Waals surface area contributed by atoms with Crippen LogP contribution in [0, 0.1) is 5.92 Å². The molecule has 4 heterocycles. The minimum atomic E-state index is -0.152. The number of pyridine rings is 1. The zero-order chi connectivity index (χ0) is 18.1. The van der Waals surface area contributed by atoms with Crippen molar-refractivity contribution in [3.05, 3.63) is 35.9 Å². The van der Waals surface area contributed by atoms with Gasteiger partial charge in [-0.05, 0) is 30.9 Å². The average Bonchev–Trinajstić information content (AvgIpc) is 3.07. The van der Waals surface area contributed by atoms with Gasteiger partial charge in [-0.2, -0.15) is 0 Å². The number of piperidine rings is 1. The molecule has 2 fully saturated rings. The quantitative estimate of drug-likeness (QED) is 0.821. The fraction of sp³-hybridized carbons (Fsp3) is 0.526. The molecule has 0 aliphatic carbocycles. The van der Waals surface area contributed by atoms with Crippen molar-refractivity contribution in [1.29, 1.82) is 0 Å². The molecule has 2 aromatic rings. The van der Waals surface area contributed by atoms with Crippen molar-refractivity contribution in [2.75, 3.05) is 39.4 Å². The summed E-state index contributed by atoms with van der Waals surface area (Å²) in [4.78, 5) is 34.1. The Morgan fingerprint density at radius 2 is 1.92 bits per heavy atom. The Balaban J connectivity index is 1.69. The van der Waals surface area contributed by atoms with Gasteiger partial charge >= 0.3 is 0 Å². The van der Waals surface area contributed by atoms with Crippen molar-refractivity contribution >= 4 is 17.3 Å². The summed E-state index contributed by atoms with van der Waals surface area (Å²) in [6.45, 7) is 5.83. The number of fused-ring (bicyclic) bond motifs is 1. The average molecular weight is 356 g/mol. The van der Waals surface area contributed by atoms with Crippen molar-refractivity contribution in [3.8, 4) is 0 Å². The molecule has 0 spiro atoms. The first-order chi connectivity index (χ1) is 12.6. The van der Waals surface area contributed by atoms with Crippen molar-refractivity contribution in [2.24, 2.45) is 5.92 Å². The van der Waals surface area contributed by atoms with E-state index in [4.69, 9.17) is 4.74 Å². The maximum Gasteiger partial charge on any atom is 0.290 e. The van der Waals surface area contributed by atoms with E-state index < -0.39 is 0 Å². The number of nitrogens with zero attached hydrogens (tertiary/aromatic N) is 4. The maximum atomic E-state index is 13.1. The minimum absolute atomic E-state index is 0.0822. The molecule has 7 nitrogen and oxygen atoms in total. The Bertz CT molecular complexity index is 825. The van der Waals surface area contributed by atoms with Gasteiger partial charge in [-0.15, -0.1) is 0 Å². The highest BCUT2D eigenvalue weighted by Crippen LogP contribution is 2.21. The third-order valence-electron chi connectivity index (χ3n) is 5.18. The number of ether oxygens (including phenoxy) is 1. The molecule has 2 aliphatic heterocycles. The molecule has 2 aliphatic rings. The summed E-state index contributed by atoms with van der Waals surface area (Å²) in [5.41, 5.74) is 1.06. The first-order valence-corrected chi connectivity index (χ1v) is 9.28. The van der Waals surface area contributed by atoms with Crippen LogP contribution in [0.25, 0.3) is 5.52 Å². The van der Waals surface area contributed by atoms with Gasteiger partial charge < -0.3 is 14.5 Å². The summed E-state index contributed by atoms with van der Waals surface area (Å²) in [7, 11) is 0. The normalized spacial score (nSPS) is 21.2. The van der Waals surface area contributed by atoms with Gasteiger partial charge in [0.25, 0.3) is 11.8 Å². The largest absolute Gasteiger partial charge is 0.378 e. The standard InChI is InChI=1S/C19H24N4O3/c1-14-5-4-7-22(13-14)18(24)16-15-6-2-3-8-23(15)17(20-16)19(25)21-9-11-26-12-10-21/h2-3,6,8,14H,4-5,7,9-13H2,1H3. The van der Waals surface area contributed by atoms with Gasteiger partial charge in [0.15, 0.2) is 5.69 Å². The second kappa shape index (κ2) is 7.07. The third kappa shape index (κ3) is 3.07. The van der Waals surface area contributed by atoms with E-state index in [1.807, 2.05) is 23.1 Å². The van der Waals surface area contributed by atoms with Crippen LogP contribution >= 0.6 is 0 Å². The highest BCUT2D eigenvalue weighted by Gasteiger charge is 2.29. The van der Waals surface area contributed by atoms with Crippen molar-refractivity contribution in [1.82, 2.24) is 19.2 Å². The SMILES string of the molecule is CC1CCCN(C(=O)c2nc(C(=O)N3CCOCC3)n3ccccc23)C1. The molecule has 1 atom stereocenters. The molecule has 26 heavy (non-hydrogen) atoms. The molecular weight excluding hydrogens is 332 g/mol. The summed E-state index contributed by atoms with van der Waals surface area (Å²) >= 11 is 0. The number of aromatic nitrogens is 2. The number of carbonyl (C=O) groups excluding carboxylic acids is 2. The van der Waals surface area contributed by atoms with Gasteiger partial charge in [-0.1, -0.05) is 13.0 Å². The lowest BCUT2D eigenvalue weighted by molar-refractivity contribution is 0.0294. The zero-order valence-corrected chi connectivity index (χ0v) is 15.1. The Morgan fingerprint density at radius 1 is 1.12 bits per heavy atom. The van der Waals surface area contributed by atoms with Crippen LogP contribution in [0.1, 0.15) is 40.9 Å². The number of morpholine rings is 1. The first kappa shape index (κ1) is 17.0. The van der Waals surface area contributed by atoms with Gasteiger partial charge in [-0.25, -0.2) is 4.98 Å². The van der Waals surface area contributed by atoms with Crippen LogP contribution in [0.2, 0.25) is 0 Å². The number of hydrogen-bond donors (Lipinski definition) is 0. The van der Waals surface area contributed by atoms with E-state index in [0.717, 1.165) is 25.9 Å². The molecule has 1 unspecified atom stereocenters. The topological polar surface area (TPSA) is 67.2 Å². The maximum absolute atomic E-state index is 13.1. The molecular formula is C19H24N4O3. The van der Waals surface area contributed by atoms with Crippen molar-refractivity contribution in [2.45, 2.75) is 19.8 Å². The Morgan fingerprint density at radius 3 is 2.69 bits per heavy atom. The van der Waals surface area contributed by atoms with Gasteiger partial charge in [0, 0.05) is 32.4 Å². The summed E-state index contributed by atoms with van der Waals surface area (Å²) in [5, 5.41) is 0. The van der Waals surface area contributed by atoms with Crippen LogP contribution < -0.4 is 0 Å². The molecule has 7 heteroatoms. The fourth-order valence-electron chi connectivity index (χ4n) is 3.78. The molecule has 2 saturated heterocycles. The van der Waals surface area contributed by atoms with Crippen LogP contribution in [0.5, 0.6) is 0 Å². The summed E-state index contributed by atoms with van der Waals surface area (Å²) in [5.74, 6) is 0.564. The van der Waals surface area contributed by atoms with Crippen LogP contribution in [0.15, 0.2) is 24.4 Å². The van der Waals surface area contributed by atoms with Crippen LogP contribution in [-0.2, 0) is 4.74 Å². The smallest absolute Gasteiger partial charge is 0.290 e. The van der Waals surface area contributed by atoms with E-state index in [-0.39, 0.29) is 11.8 Å². The number of imidazole rings is 1. The molecule has 0 aromatic carbocycles. The second-order valence-corrected chi connectivity index (χ2v) is 7.14. The highest BCUT2D eigenvalue weighted by molar-refractivity contribution is 6.02. The van der Waals surface area contributed by atoms with E-state index in [1.54, 1.807) is 15.5 Å². The van der Waals surface area contributed by atoms with Gasteiger partial charge in [0.05, 0.1) is 18.7 Å². The Hall–Kier alpha value is -2.41. The molecule has 2 amide bonds. The predicted octanol–water partition coefficient (Wildman–Crippen LogP) is 1.68. The number of amides is 2. The highest BCUT2D eigenvalue weighted by atomic mass is 16.5. The monoisotopic (exact) mass is 356 g/mol. The van der Waals surface area contributed by atoms with Crippen molar-refractivity contribution in [3.63, 3.8) is 0 Å². The summed E-state index contributed by atoms with van der Waals surface area (Å²) in [6.07, 6.45) is 3.96. The van der Waals surface area contributed by atoms with Crippen LogP contribution in [0.4, 0.5) is 0 Å². The van der Waals surface area contributed by atoms with Gasteiger partial charge in [0.2, 0.25) is 5.82 Å². The Kier molecular flexibility index (Phi) is 4.63. The molecule has 0 saturated carbocycles. The molecule has 138 valence electrons. The van der Waals surface area contributed by atoms with E-state index in [9.17, 15) is 9.59 Å². The molecule has 0 radical (unpaired) electrons. The van der Waals surface area contributed by atoms with E-state index in [1.165, 1.54) is 0 Å². The molecule has 4 rings (SSSR count). The van der Waals surface area contributed by atoms with Gasteiger partial charge in [0.1, 0.15) is 0 Å². The lowest BCUT2D eigenvalue weighted by atomic mass is 10.00. The van der Waals surface area contributed by atoms with Crippen LogP contribution in [0.3, 0.4) is 0 Å². The van der Waals surface area contributed by atoms with E-state index >= 15 is 0 Å². The molecule has 2 aromatic heterocycles. The molecule has 0 N–H and O–H groups in total.